The van der Waals surface area contributed by atoms with Crippen molar-refractivity contribution in [2.45, 2.75) is 13.8 Å². The van der Waals surface area contributed by atoms with E-state index in [0.717, 1.165) is 17.1 Å². The Morgan fingerprint density at radius 3 is 1.83 bits per heavy atom. The van der Waals surface area contributed by atoms with E-state index >= 15 is 0 Å². The summed E-state index contributed by atoms with van der Waals surface area (Å²) in [6, 6.07) is 24.4. The molecule has 8 nitrogen and oxygen atoms in total. The summed E-state index contributed by atoms with van der Waals surface area (Å²) in [7, 11) is 1.60. The van der Waals surface area contributed by atoms with Crippen LogP contribution in [0.25, 0.3) is 0 Å². The number of aromatic nitrogens is 2. The Labute approximate surface area is 204 Å². The lowest BCUT2D eigenvalue weighted by Crippen LogP contribution is -2.20. The smallest absolute Gasteiger partial charge is 0.262 e. The van der Waals surface area contributed by atoms with Crippen LogP contribution in [0.1, 0.15) is 11.4 Å². The van der Waals surface area contributed by atoms with Gasteiger partial charge in [-0.3, -0.25) is 4.79 Å². The third-order valence-corrected chi connectivity index (χ3v) is 5.03. The van der Waals surface area contributed by atoms with Crippen molar-refractivity contribution in [2.24, 2.45) is 0 Å². The highest BCUT2D eigenvalue weighted by molar-refractivity contribution is 5.92. The molecule has 0 atom stereocenters. The third-order valence-electron chi connectivity index (χ3n) is 5.03. The number of amides is 1. The zero-order chi connectivity index (χ0) is 24.6. The van der Waals surface area contributed by atoms with Gasteiger partial charge in [0, 0.05) is 23.1 Å². The number of carbonyl (C=O) groups is 1. The Hall–Kier alpha value is -4.59. The highest BCUT2D eigenvalue weighted by Gasteiger charge is 2.06. The molecule has 0 saturated carbocycles. The highest BCUT2D eigenvalue weighted by Crippen LogP contribution is 2.22. The molecule has 1 amide bonds. The first kappa shape index (κ1) is 23.6. The summed E-state index contributed by atoms with van der Waals surface area (Å²) in [4.78, 5) is 21.2. The summed E-state index contributed by atoms with van der Waals surface area (Å²) in [5, 5.41) is 9.40. The first-order valence-corrected chi connectivity index (χ1v) is 11.1. The minimum absolute atomic E-state index is 0.0939. The van der Waals surface area contributed by atoms with Gasteiger partial charge in [0.2, 0.25) is 0 Å². The van der Waals surface area contributed by atoms with Crippen molar-refractivity contribution in [2.75, 3.05) is 29.7 Å². The van der Waals surface area contributed by atoms with Crippen LogP contribution >= 0.6 is 0 Å². The van der Waals surface area contributed by atoms with Gasteiger partial charge in [-0.1, -0.05) is 17.7 Å². The second-order valence-corrected chi connectivity index (χ2v) is 7.89. The van der Waals surface area contributed by atoms with Crippen LogP contribution in [0.15, 0.2) is 78.9 Å². The number of carbonyl (C=O) groups excluding carboxylic acids is 1. The lowest BCUT2D eigenvalue weighted by molar-refractivity contribution is -0.118. The highest BCUT2D eigenvalue weighted by atomic mass is 16.5. The van der Waals surface area contributed by atoms with Crippen LogP contribution in [-0.2, 0) is 4.79 Å². The molecule has 0 unspecified atom stereocenters. The number of anilines is 5. The number of methoxy groups -OCH3 is 1. The van der Waals surface area contributed by atoms with Gasteiger partial charge in [-0.25, -0.2) is 9.97 Å². The molecular weight excluding hydrogens is 442 g/mol. The predicted octanol–water partition coefficient (Wildman–Crippen LogP) is 5.61. The van der Waals surface area contributed by atoms with Crippen molar-refractivity contribution in [1.29, 1.82) is 0 Å². The lowest BCUT2D eigenvalue weighted by Gasteiger charge is -2.11. The maximum atomic E-state index is 12.2. The van der Waals surface area contributed by atoms with Gasteiger partial charge in [-0.15, -0.1) is 0 Å². The van der Waals surface area contributed by atoms with Crippen molar-refractivity contribution in [1.82, 2.24) is 9.97 Å². The zero-order valence-electron chi connectivity index (χ0n) is 19.8. The average Bonchev–Trinajstić information content (AvgIpc) is 2.85. The molecule has 35 heavy (non-hydrogen) atoms. The molecule has 8 heteroatoms. The maximum absolute atomic E-state index is 12.2. The molecule has 1 heterocycles. The fourth-order valence-electron chi connectivity index (χ4n) is 3.28. The summed E-state index contributed by atoms with van der Waals surface area (Å²) in [6.07, 6.45) is 0. The molecule has 1 aromatic heterocycles. The largest absolute Gasteiger partial charge is 0.497 e. The van der Waals surface area contributed by atoms with Crippen molar-refractivity contribution in [3.8, 4) is 11.5 Å². The number of nitrogens with zero attached hydrogens (tertiary/aromatic N) is 2. The van der Waals surface area contributed by atoms with Crippen LogP contribution in [0.5, 0.6) is 11.5 Å². The van der Waals surface area contributed by atoms with Gasteiger partial charge in [-0.2, -0.15) is 0 Å². The fourth-order valence-corrected chi connectivity index (χ4v) is 3.28. The van der Waals surface area contributed by atoms with Crippen molar-refractivity contribution < 1.29 is 14.3 Å². The van der Waals surface area contributed by atoms with Gasteiger partial charge in [0.25, 0.3) is 5.91 Å². The lowest BCUT2D eigenvalue weighted by atomic mass is 10.2. The van der Waals surface area contributed by atoms with E-state index in [9.17, 15) is 4.79 Å². The zero-order valence-corrected chi connectivity index (χ0v) is 19.8. The Morgan fingerprint density at radius 2 is 1.26 bits per heavy atom. The molecule has 0 spiro atoms. The number of benzene rings is 3. The Morgan fingerprint density at radius 1 is 0.743 bits per heavy atom. The van der Waals surface area contributed by atoms with Gasteiger partial charge in [0.1, 0.15) is 29.0 Å². The minimum atomic E-state index is -0.250. The van der Waals surface area contributed by atoms with E-state index in [1.165, 1.54) is 5.56 Å². The quantitative estimate of drug-likeness (QED) is 0.293. The molecule has 3 N–H and O–H groups in total. The van der Waals surface area contributed by atoms with Crippen LogP contribution in [0.3, 0.4) is 0 Å². The van der Waals surface area contributed by atoms with Gasteiger partial charge in [0.15, 0.2) is 6.61 Å². The predicted molar refractivity (Wildman–Crippen MR) is 138 cm³/mol. The van der Waals surface area contributed by atoms with Gasteiger partial charge < -0.3 is 25.4 Å². The van der Waals surface area contributed by atoms with Crippen molar-refractivity contribution in [3.63, 3.8) is 0 Å². The number of aryl methyl sites for hydroxylation is 2. The fraction of sp³-hybridized carbons (Fsp3) is 0.148. The van der Waals surface area contributed by atoms with Gasteiger partial charge in [-0.05, 0) is 74.5 Å². The van der Waals surface area contributed by atoms with E-state index in [1.807, 2.05) is 68.4 Å². The second kappa shape index (κ2) is 11.0. The standard InChI is InChI=1S/C27H27N5O3/c1-18-4-6-20(7-5-18)30-25-16-26(29-19(2)28-25)31-21-8-10-22(11-9-21)32-27(33)17-35-24-14-12-23(34-3)13-15-24/h4-16H,17H2,1-3H3,(H,32,33)(H2,28,29,30,31). The molecule has 0 aliphatic carbocycles. The molecule has 0 radical (unpaired) electrons. The Balaban J connectivity index is 1.32. The number of rotatable bonds is 9. The van der Waals surface area contributed by atoms with Crippen LogP contribution in [-0.4, -0.2) is 29.6 Å². The topological polar surface area (TPSA) is 97.4 Å². The first-order valence-electron chi connectivity index (χ1n) is 11.1. The maximum Gasteiger partial charge on any atom is 0.262 e. The summed E-state index contributed by atoms with van der Waals surface area (Å²) in [5.41, 5.74) is 3.65. The van der Waals surface area contributed by atoms with E-state index in [4.69, 9.17) is 9.47 Å². The third kappa shape index (κ3) is 6.94. The molecular formula is C27H27N5O3. The Kier molecular flexibility index (Phi) is 7.42. The molecule has 0 aliphatic rings. The Bertz CT molecular complexity index is 1270. The summed E-state index contributed by atoms with van der Waals surface area (Å²) >= 11 is 0. The van der Waals surface area contributed by atoms with E-state index < -0.39 is 0 Å². The molecule has 0 aliphatic heterocycles. The first-order chi connectivity index (χ1) is 17.0. The van der Waals surface area contributed by atoms with E-state index in [0.29, 0.717) is 28.9 Å². The average molecular weight is 470 g/mol. The normalized spacial score (nSPS) is 10.4. The van der Waals surface area contributed by atoms with E-state index in [2.05, 4.69) is 25.9 Å². The van der Waals surface area contributed by atoms with Crippen LogP contribution < -0.4 is 25.4 Å². The van der Waals surface area contributed by atoms with Crippen LogP contribution in [0, 0.1) is 13.8 Å². The van der Waals surface area contributed by atoms with Crippen molar-refractivity contribution in [3.05, 3.63) is 90.3 Å². The molecule has 4 aromatic rings. The monoisotopic (exact) mass is 469 g/mol. The molecule has 0 saturated heterocycles. The summed E-state index contributed by atoms with van der Waals surface area (Å²) in [5.74, 6) is 3.08. The second-order valence-electron chi connectivity index (χ2n) is 7.89. The van der Waals surface area contributed by atoms with E-state index in [1.54, 1.807) is 31.4 Å². The molecule has 178 valence electrons. The number of nitrogens with one attached hydrogen (secondary N) is 3. The summed E-state index contributed by atoms with van der Waals surface area (Å²) < 4.78 is 10.6. The van der Waals surface area contributed by atoms with E-state index in [-0.39, 0.29) is 12.5 Å². The van der Waals surface area contributed by atoms with Crippen LogP contribution in [0.2, 0.25) is 0 Å². The van der Waals surface area contributed by atoms with Gasteiger partial charge in [0.05, 0.1) is 7.11 Å². The molecule has 0 bridgehead atoms. The number of ether oxygens (including phenoxy) is 2. The number of hydrogen-bond acceptors (Lipinski definition) is 7. The van der Waals surface area contributed by atoms with Gasteiger partial charge >= 0.3 is 0 Å². The van der Waals surface area contributed by atoms with Crippen molar-refractivity contribution >= 4 is 34.6 Å². The molecule has 3 aromatic carbocycles. The minimum Gasteiger partial charge on any atom is -0.497 e. The number of hydrogen-bond donors (Lipinski definition) is 3. The van der Waals surface area contributed by atoms with Crippen LogP contribution in [0.4, 0.5) is 28.7 Å². The molecule has 4 rings (SSSR count). The summed E-state index contributed by atoms with van der Waals surface area (Å²) in [6.45, 7) is 3.80. The molecule has 0 fully saturated rings. The SMILES string of the molecule is COc1ccc(OCC(=O)Nc2ccc(Nc3cc(Nc4ccc(C)cc4)nc(C)n3)cc2)cc1.